The maximum Gasteiger partial charge on any atom is 0.299 e. The molecule has 0 aromatic heterocycles. The second-order valence-electron chi connectivity index (χ2n) is 7.07. The zero-order valence-electron chi connectivity index (χ0n) is 15.7. The summed E-state index contributed by atoms with van der Waals surface area (Å²) in [6, 6.07) is 9.83. The fourth-order valence-electron chi connectivity index (χ4n) is 2.23. The number of benzene rings is 2. The molecule has 0 fully saturated rings. The van der Waals surface area contributed by atoms with Gasteiger partial charge < -0.3 is 14.3 Å². The lowest BCUT2D eigenvalue weighted by Gasteiger charge is -2.23. The molecule has 10 nitrogen and oxygen atoms in total. The van der Waals surface area contributed by atoms with Crippen LogP contribution in [0.1, 0.15) is 0 Å². The highest BCUT2D eigenvalue weighted by molar-refractivity contribution is 7.48. The highest BCUT2D eigenvalue weighted by Gasteiger charge is 2.19. The third-order valence-electron chi connectivity index (χ3n) is 3.78. The number of nitro groups is 2. The molecule has 2 aromatic rings. The minimum Gasteiger partial charge on any atom is -0.350 e. The molecule has 0 heterocycles. The number of quaternary nitrogens is 1. The van der Waals surface area contributed by atoms with Gasteiger partial charge in [0.1, 0.15) is 18.8 Å². The van der Waals surface area contributed by atoms with Crippen molar-refractivity contribution in [3.8, 4) is 0 Å². The van der Waals surface area contributed by atoms with Gasteiger partial charge in [-0.15, -0.1) is 0 Å². The lowest BCUT2D eigenvalue weighted by Crippen LogP contribution is -2.37. The molecule has 2 aromatic carbocycles. The second kappa shape index (κ2) is 8.92. The minimum absolute atomic E-state index is 0.121. The Kier molecular flexibility index (Phi) is 6.85. The Labute approximate surface area is 162 Å². The number of nitrogens with zero attached hydrogens (tertiary/aromatic N) is 3. The summed E-state index contributed by atoms with van der Waals surface area (Å²) in [5.74, 6) is 0. The molecule has 11 heteroatoms. The minimum atomic E-state index is -2.39. The summed E-state index contributed by atoms with van der Waals surface area (Å²) in [6.07, 6.45) is 0. The number of nitrogens with one attached hydrogen (secondary N) is 1. The number of non-ortho nitro benzene ring substituents is 1. The predicted octanol–water partition coefficient (Wildman–Crippen LogP) is 3.07. The van der Waals surface area contributed by atoms with Gasteiger partial charge in [0.2, 0.25) is 8.03 Å². The number of likely N-dealkylation sites (N-methyl/N-ethyl adjacent to an activating group) is 1. The summed E-state index contributed by atoms with van der Waals surface area (Å²) in [7, 11) is 3.65. The predicted molar refractivity (Wildman–Crippen MR) is 107 cm³/mol. The van der Waals surface area contributed by atoms with E-state index in [2.05, 4.69) is 5.32 Å². The summed E-state index contributed by atoms with van der Waals surface area (Å²) in [6.45, 7) is 1.09. The lowest BCUT2D eigenvalue weighted by molar-refractivity contribution is -0.870. The van der Waals surface area contributed by atoms with E-state index < -0.39 is 23.6 Å². The summed E-state index contributed by atoms with van der Waals surface area (Å²) in [5.41, 5.74) is -0.134. The van der Waals surface area contributed by atoms with Gasteiger partial charge in [-0.05, 0) is 30.3 Å². The lowest BCUT2D eigenvalue weighted by atomic mass is 10.2. The summed E-state index contributed by atoms with van der Waals surface area (Å²) in [4.78, 5) is 20.6. The van der Waals surface area contributed by atoms with Crippen LogP contribution in [0.15, 0.2) is 42.5 Å². The molecule has 0 saturated heterocycles. The van der Waals surface area contributed by atoms with Gasteiger partial charge in [-0.3, -0.25) is 24.8 Å². The summed E-state index contributed by atoms with van der Waals surface area (Å²) >= 11 is 0. The van der Waals surface area contributed by atoms with Crippen molar-refractivity contribution < 1.29 is 23.4 Å². The molecule has 0 aliphatic carbocycles. The first kappa shape index (κ1) is 21.5. The van der Waals surface area contributed by atoms with Crippen LogP contribution in [0.2, 0.25) is 0 Å². The molecular weight excluding hydrogens is 387 g/mol. The van der Waals surface area contributed by atoms with Crippen LogP contribution in [0.5, 0.6) is 0 Å². The average molecular weight is 409 g/mol. The first-order chi connectivity index (χ1) is 13.1. The van der Waals surface area contributed by atoms with Crippen molar-refractivity contribution in [1.29, 1.82) is 0 Å². The molecule has 1 atom stereocenters. The van der Waals surface area contributed by atoms with Crippen LogP contribution in [0.25, 0.3) is 0 Å². The Morgan fingerprint density at radius 3 is 2.21 bits per heavy atom. The van der Waals surface area contributed by atoms with E-state index in [9.17, 15) is 24.8 Å². The van der Waals surface area contributed by atoms with Gasteiger partial charge in [0.05, 0.1) is 37.1 Å². The molecule has 0 aliphatic rings. The molecule has 0 saturated carbocycles. The molecule has 150 valence electrons. The van der Waals surface area contributed by atoms with Gasteiger partial charge in [-0.1, -0.05) is 0 Å². The van der Waals surface area contributed by atoms with E-state index in [0.717, 1.165) is 12.6 Å². The number of hydrogen-bond acceptors (Lipinski definition) is 7. The first-order valence-corrected chi connectivity index (χ1v) is 9.66. The van der Waals surface area contributed by atoms with E-state index >= 15 is 0 Å². The summed E-state index contributed by atoms with van der Waals surface area (Å²) < 4.78 is 18.3. The molecule has 1 unspecified atom stereocenters. The number of rotatable bonds is 9. The van der Waals surface area contributed by atoms with E-state index in [1.54, 1.807) is 24.3 Å². The van der Waals surface area contributed by atoms with Crippen molar-refractivity contribution in [2.24, 2.45) is 0 Å². The molecule has 2 rings (SSSR count). The van der Waals surface area contributed by atoms with Crippen molar-refractivity contribution in [3.05, 3.63) is 62.7 Å². The van der Waals surface area contributed by atoms with Crippen LogP contribution >= 0.6 is 8.03 Å². The molecular formula is C17H22N4O6P+. The zero-order valence-corrected chi connectivity index (χ0v) is 16.7. The fraction of sp³-hybridized carbons (Fsp3) is 0.294. The highest BCUT2D eigenvalue weighted by atomic mass is 31.1. The molecule has 28 heavy (non-hydrogen) atoms. The average Bonchev–Trinajstić information content (AvgIpc) is 2.61. The van der Waals surface area contributed by atoms with Crippen LogP contribution in [0.4, 0.5) is 22.7 Å². The van der Waals surface area contributed by atoms with E-state index in [0.29, 0.717) is 22.1 Å². The number of hydrogen-bond donors (Lipinski definition) is 1. The van der Waals surface area contributed by atoms with Gasteiger partial charge in [0.25, 0.3) is 11.4 Å². The third kappa shape index (κ3) is 6.12. The topological polar surface area (TPSA) is 125 Å². The van der Waals surface area contributed by atoms with Crippen molar-refractivity contribution in [1.82, 2.24) is 0 Å². The van der Waals surface area contributed by atoms with Crippen LogP contribution in [-0.4, -0.2) is 48.6 Å². The largest absolute Gasteiger partial charge is 0.350 e. The molecule has 0 bridgehead atoms. The van der Waals surface area contributed by atoms with Crippen molar-refractivity contribution >= 4 is 36.1 Å². The third-order valence-corrected chi connectivity index (χ3v) is 5.05. The van der Waals surface area contributed by atoms with Gasteiger partial charge in [0, 0.05) is 17.1 Å². The van der Waals surface area contributed by atoms with Crippen LogP contribution in [0.3, 0.4) is 0 Å². The smallest absolute Gasteiger partial charge is 0.299 e. The van der Waals surface area contributed by atoms with Gasteiger partial charge in [0.15, 0.2) is 0 Å². The van der Waals surface area contributed by atoms with Crippen LogP contribution < -0.4 is 10.6 Å². The maximum atomic E-state index is 12.2. The van der Waals surface area contributed by atoms with E-state index in [4.69, 9.17) is 4.52 Å². The Morgan fingerprint density at radius 1 is 1.04 bits per heavy atom. The van der Waals surface area contributed by atoms with Crippen molar-refractivity contribution in [2.75, 3.05) is 39.6 Å². The van der Waals surface area contributed by atoms with Gasteiger partial charge >= 0.3 is 0 Å². The van der Waals surface area contributed by atoms with E-state index in [-0.39, 0.29) is 11.4 Å². The summed E-state index contributed by atoms with van der Waals surface area (Å²) in [5, 5.41) is 25.4. The first-order valence-electron chi connectivity index (χ1n) is 8.34. The van der Waals surface area contributed by atoms with Gasteiger partial charge in [-0.25, -0.2) is 0 Å². The standard InChI is InChI=1S/C17H22N4O6P/c1-21(2,3)10-11-27-28(26)15-7-4-13(5-8-15)18-16-9-6-14(19(22)23)12-17(16)20(24)25/h4-9,12,18,28H,10-11H2,1-3H3/q+1. The number of nitro benzene ring substituents is 2. The Balaban J connectivity index is 2.09. The monoisotopic (exact) mass is 409 g/mol. The molecule has 0 spiro atoms. The van der Waals surface area contributed by atoms with E-state index in [1.165, 1.54) is 12.1 Å². The van der Waals surface area contributed by atoms with Crippen molar-refractivity contribution in [3.63, 3.8) is 0 Å². The SMILES string of the molecule is C[N+](C)(C)CCO[PH](=O)c1ccc(Nc2ccc([N+](=O)[O-])cc2[N+](=O)[O-])cc1. The fourth-order valence-corrected chi connectivity index (χ4v) is 3.11. The molecule has 1 N–H and O–H groups in total. The Bertz CT molecular complexity index is 896. The zero-order chi connectivity index (χ0) is 20.9. The van der Waals surface area contributed by atoms with Gasteiger partial charge in [-0.2, -0.15) is 0 Å². The maximum absolute atomic E-state index is 12.2. The highest BCUT2D eigenvalue weighted by Crippen LogP contribution is 2.31. The second-order valence-corrected chi connectivity index (χ2v) is 8.51. The van der Waals surface area contributed by atoms with E-state index in [1.807, 2.05) is 21.1 Å². The number of anilines is 2. The quantitative estimate of drug-likeness (QED) is 0.292. The molecule has 0 radical (unpaired) electrons. The van der Waals surface area contributed by atoms with Crippen LogP contribution in [0, 0.1) is 20.2 Å². The Hall–Kier alpha value is -2.81. The van der Waals surface area contributed by atoms with Crippen LogP contribution in [-0.2, 0) is 9.09 Å². The molecule has 0 aliphatic heterocycles. The Morgan fingerprint density at radius 2 is 1.68 bits per heavy atom. The molecule has 0 amide bonds. The van der Waals surface area contributed by atoms with Crippen molar-refractivity contribution in [2.45, 2.75) is 0 Å². The normalized spacial score (nSPS) is 12.4.